The Bertz CT molecular complexity index is 455. The number of carbonyl (C=O) groups excluding carboxylic acids is 1. The highest BCUT2D eigenvalue weighted by Crippen LogP contribution is 2.11. The van der Waals surface area contributed by atoms with E-state index in [9.17, 15) is 9.59 Å². The molecule has 2 unspecified atom stereocenters. The van der Waals surface area contributed by atoms with Gasteiger partial charge in [-0.05, 0) is 24.9 Å². The topological polar surface area (TPSA) is 74.0 Å². The van der Waals surface area contributed by atoms with Crippen LogP contribution in [0.1, 0.15) is 23.7 Å². The molecule has 1 aromatic rings. The Morgan fingerprint density at radius 2 is 2.35 bits per heavy atom. The Hall–Kier alpha value is -1.62. The van der Waals surface area contributed by atoms with Crippen LogP contribution in [-0.4, -0.2) is 30.0 Å². The first kappa shape index (κ1) is 11.9. The van der Waals surface area contributed by atoms with E-state index in [-0.39, 0.29) is 17.5 Å². The lowest BCUT2D eigenvalue weighted by Gasteiger charge is -2.30. The molecule has 1 saturated heterocycles. The third-order valence-corrected chi connectivity index (χ3v) is 3.18. The molecule has 0 aromatic carbocycles. The molecule has 2 heterocycles. The quantitative estimate of drug-likeness (QED) is 0.681. The Morgan fingerprint density at radius 3 is 3.06 bits per heavy atom. The minimum atomic E-state index is -0.257. The van der Waals surface area contributed by atoms with Crippen LogP contribution >= 0.6 is 0 Å². The normalized spacial score (nSPS) is 24.3. The maximum absolute atomic E-state index is 11.9. The fourth-order valence-electron chi connectivity index (χ4n) is 2.02. The summed E-state index contributed by atoms with van der Waals surface area (Å²) in [5.74, 6) is 0.277. The summed E-state index contributed by atoms with van der Waals surface area (Å²) in [4.78, 5) is 25.5. The monoisotopic (exact) mass is 235 g/mol. The Labute approximate surface area is 99.6 Å². The molecule has 0 radical (unpaired) electrons. The van der Waals surface area contributed by atoms with E-state index in [0.717, 1.165) is 19.5 Å². The van der Waals surface area contributed by atoms with Crippen molar-refractivity contribution < 1.29 is 4.79 Å². The highest BCUT2D eigenvalue weighted by Gasteiger charge is 2.22. The van der Waals surface area contributed by atoms with Crippen LogP contribution in [-0.2, 0) is 0 Å². The standard InChI is InChI=1S/C12H17N3O2/c1-8-2-4-13-7-10(8)15-12(17)9-3-5-14-11(16)6-9/h3,5-6,8,10,13H,2,4,7H2,1H3,(H,14,16)(H,15,17). The zero-order chi connectivity index (χ0) is 12.3. The van der Waals surface area contributed by atoms with Gasteiger partial charge in [-0.2, -0.15) is 0 Å². The van der Waals surface area contributed by atoms with Gasteiger partial charge < -0.3 is 15.6 Å². The van der Waals surface area contributed by atoms with E-state index in [1.165, 1.54) is 12.3 Å². The molecule has 17 heavy (non-hydrogen) atoms. The average Bonchev–Trinajstić information content (AvgIpc) is 2.32. The van der Waals surface area contributed by atoms with Crippen LogP contribution in [0, 0.1) is 5.92 Å². The van der Waals surface area contributed by atoms with Crippen molar-refractivity contribution in [2.75, 3.05) is 13.1 Å². The maximum atomic E-state index is 11.9. The number of H-pyrrole nitrogens is 1. The van der Waals surface area contributed by atoms with E-state index in [2.05, 4.69) is 22.5 Å². The van der Waals surface area contributed by atoms with Gasteiger partial charge in [-0.1, -0.05) is 6.92 Å². The minimum Gasteiger partial charge on any atom is -0.348 e. The van der Waals surface area contributed by atoms with E-state index in [1.807, 2.05) is 0 Å². The van der Waals surface area contributed by atoms with Gasteiger partial charge in [-0.25, -0.2) is 0 Å². The highest BCUT2D eigenvalue weighted by atomic mass is 16.2. The van der Waals surface area contributed by atoms with Crippen LogP contribution in [0.3, 0.4) is 0 Å². The summed E-state index contributed by atoms with van der Waals surface area (Å²) in [7, 11) is 0. The lowest BCUT2D eigenvalue weighted by molar-refractivity contribution is 0.0915. The summed E-state index contributed by atoms with van der Waals surface area (Å²) >= 11 is 0. The molecule has 0 spiro atoms. The second-order valence-electron chi connectivity index (χ2n) is 4.49. The summed E-state index contributed by atoms with van der Waals surface area (Å²) in [6.45, 7) is 3.91. The number of nitrogens with one attached hydrogen (secondary N) is 3. The predicted molar refractivity (Wildman–Crippen MR) is 65.0 cm³/mol. The van der Waals surface area contributed by atoms with Crippen LogP contribution < -0.4 is 16.2 Å². The van der Waals surface area contributed by atoms with E-state index in [4.69, 9.17) is 0 Å². The number of aromatic nitrogens is 1. The minimum absolute atomic E-state index is 0.135. The van der Waals surface area contributed by atoms with Crippen molar-refractivity contribution in [2.45, 2.75) is 19.4 Å². The maximum Gasteiger partial charge on any atom is 0.251 e. The van der Waals surface area contributed by atoms with Crippen molar-refractivity contribution in [1.29, 1.82) is 0 Å². The molecule has 1 aliphatic heterocycles. The molecular weight excluding hydrogens is 218 g/mol. The molecule has 3 N–H and O–H groups in total. The number of piperidine rings is 1. The molecule has 0 bridgehead atoms. The zero-order valence-corrected chi connectivity index (χ0v) is 9.82. The first-order valence-corrected chi connectivity index (χ1v) is 5.87. The number of hydrogen-bond acceptors (Lipinski definition) is 3. The number of amides is 1. The number of carbonyl (C=O) groups is 1. The molecular formula is C12H17N3O2. The number of pyridine rings is 1. The van der Waals surface area contributed by atoms with E-state index in [0.29, 0.717) is 11.5 Å². The van der Waals surface area contributed by atoms with Gasteiger partial charge in [0.2, 0.25) is 5.56 Å². The Kier molecular flexibility index (Phi) is 3.58. The van der Waals surface area contributed by atoms with E-state index < -0.39 is 0 Å². The van der Waals surface area contributed by atoms with Gasteiger partial charge in [0.05, 0.1) is 0 Å². The first-order chi connectivity index (χ1) is 8.16. The van der Waals surface area contributed by atoms with Crippen LogP contribution in [0.15, 0.2) is 23.1 Å². The predicted octanol–water partition coefficient (Wildman–Crippen LogP) is 0.103. The highest BCUT2D eigenvalue weighted by molar-refractivity contribution is 5.94. The average molecular weight is 235 g/mol. The van der Waals surface area contributed by atoms with Gasteiger partial charge in [0.15, 0.2) is 0 Å². The number of hydrogen-bond donors (Lipinski definition) is 3. The van der Waals surface area contributed by atoms with Gasteiger partial charge in [0.1, 0.15) is 0 Å². The largest absolute Gasteiger partial charge is 0.348 e. The van der Waals surface area contributed by atoms with Gasteiger partial charge in [-0.3, -0.25) is 9.59 Å². The third kappa shape index (κ3) is 2.94. The molecule has 1 aliphatic rings. The molecule has 2 rings (SSSR count). The Balaban J connectivity index is 2.03. The van der Waals surface area contributed by atoms with Gasteiger partial charge in [0, 0.05) is 30.4 Å². The third-order valence-electron chi connectivity index (χ3n) is 3.18. The van der Waals surface area contributed by atoms with Crippen LogP contribution in [0.2, 0.25) is 0 Å². The lowest BCUT2D eigenvalue weighted by atomic mass is 9.94. The van der Waals surface area contributed by atoms with Crippen LogP contribution in [0.25, 0.3) is 0 Å². The van der Waals surface area contributed by atoms with Crippen molar-refractivity contribution in [3.8, 4) is 0 Å². The lowest BCUT2D eigenvalue weighted by Crippen LogP contribution is -2.50. The van der Waals surface area contributed by atoms with Gasteiger partial charge in [0.25, 0.3) is 5.91 Å². The molecule has 1 amide bonds. The van der Waals surface area contributed by atoms with Crippen molar-refractivity contribution in [1.82, 2.24) is 15.6 Å². The summed E-state index contributed by atoms with van der Waals surface area (Å²) in [5.41, 5.74) is 0.152. The summed E-state index contributed by atoms with van der Waals surface area (Å²) in [5, 5.41) is 6.21. The molecule has 0 saturated carbocycles. The molecule has 5 heteroatoms. The number of rotatable bonds is 2. The van der Waals surface area contributed by atoms with Crippen molar-refractivity contribution >= 4 is 5.91 Å². The van der Waals surface area contributed by atoms with E-state index >= 15 is 0 Å². The van der Waals surface area contributed by atoms with Crippen molar-refractivity contribution in [3.05, 3.63) is 34.2 Å². The van der Waals surface area contributed by atoms with Crippen LogP contribution in [0.4, 0.5) is 0 Å². The zero-order valence-electron chi connectivity index (χ0n) is 9.82. The molecule has 1 fully saturated rings. The first-order valence-electron chi connectivity index (χ1n) is 5.87. The summed E-state index contributed by atoms with van der Waals surface area (Å²) < 4.78 is 0. The SMILES string of the molecule is CC1CCNCC1NC(=O)c1cc[nH]c(=O)c1. The fourth-order valence-corrected chi connectivity index (χ4v) is 2.02. The van der Waals surface area contributed by atoms with E-state index in [1.54, 1.807) is 6.07 Å². The second kappa shape index (κ2) is 5.14. The van der Waals surface area contributed by atoms with Crippen LogP contribution in [0.5, 0.6) is 0 Å². The molecule has 92 valence electrons. The smallest absolute Gasteiger partial charge is 0.251 e. The number of aromatic amines is 1. The van der Waals surface area contributed by atoms with Gasteiger partial charge >= 0.3 is 0 Å². The Morgan fingerprint density at radius 1 is 1.53 bits per heavy atom. The molecule has 2 atom stereocenters. The second-order valence-corrected chi connectivity index (χ2v) is 4.49. The van der Waals surface area contributed by atoms with Crippen molar-refractivity contribution in [2.24, 2.45) is 5.92 Å². The summed E-state index contributed by atoms with van der Waals surface area (Å²) in [6.07, 6.45) is 2.54. The summed E-state index contributed by atoms with van der Waals surface area (Å²) in [6, 6.07) is 3.06. The fraction of sp³-hybridized carbons (Fsp3) is 0.500. The molecule has 0 aliphatic carbocycles. The van der Waals surface area contributed by atoms with Crippen molar-refractivity contribution in [3.63, 3.8) is 0 Å². The molecule has 1 aromatic heterocycles. The molecule has 5 nitrogen and oxygen atoms in total. The van der Waals surface area contributed by atoms with Gasteiger partial charge in [-0.15, -0.1) is 0 Å².